The Bertz CT molecular complexity index is 1110. The van der Waals surface area contributed by atoms with Gasteiger partial charge in [-0.15, -0.1) is 0 Å². The third-order valence-corrected chi connectivity index (χ3v) is 5.52. The second kappa shape index (κ2) is 8.63. The molecular weight excluding hydrogens is 396 g/mol. The van der Waals surface area contributed by atoms with E-state index in [-0.39, 0.29) is 12.6 Å². The summed E-state index contributed by atoms with van der Waals surface area (Å²) in [6.45, 7) is 4.61. The quantitative estimate of drug-likeness (QED) is 0.200. The third kappa shape index (κ3) is 4.19. The van der Waals surface area contributed by atoms with Crippen LogP contribution in [0.3, 0.4) is 0 Å². The van der Waals surface area contributed by atoms with Gasteiger partial charge < -0.3 is 27.1 Å². The first kappa shape index (κ1) is 20.0. The molecule has 2 aromatic carbocycles. The maximum atomic E-state index is 13.4. The number of ketones is 1. The Labute approximate surface area is 181 Å². The highest BCUT2D eigenvalue weighted by atomic mass is 32.1. The first-order valence-corrected chi connectivity index (χ1v) is 10.1. The number of rotatable bonds is 6. The van der Waals surface area contributed by atoms with Gasteiger partial charge in [-0.05, 0) is 53.8 Å². The van der Waals surface area contributed by atoms with Crippen LogP contribution in [-0.2, 0) is 19.2 Å². The van der Waals surface area contributed by atoms with E-state index in [1.807, 2.05) is 85.4 Å². The topological polar surface area (TPSA) is 51.8 Å². The zero-order valence-electron chi connectivity index (χ0n) is 16.9. The average molecular weight is 419 g/mol. The number of fused-ring (bicyclic) bond motifs is 1. The first-order valence-electron chi connectivity index (χ1n) is 9.70. The van der Waals surface area contributed by atoms with E-state index < -0.39 is 6.04 Å². The Kier molecular flexibility index (Phi) is 5.77. The predicted octanol–water partition coefficient (Wildman–Crippen LogP) is 3.89. The van der Waals surface area contributed by atoms with Crippen LogP contribution in [0.2, 0.25) is 0 Å². The summed E-state index contributed by atoms with van der Waals surface area (Å²) in [6, 6.07) is 16.4. The molecule has 30 heavy (non-hydrogen) atoms. The zero-order chi connectivity index (χ0) is 21.1. The summed E-state index contributed by atoms with van der Waals surface area (Å²) in [5.74, 6) is 1.35. The minimum Gasteiger partial charge on any atom is -0.758 e. The molecule has 0 saturated heterocycles. The molecule has 1 aliphatic heterocycles. The van der Waals surface area contributed by atoms with Crippen molar-refractivity contribution in [1.82, 2.24) is 0 Å². The van der Waals surface area contributed by atoms with Crippen molar-refractivity contribution in [2.45, 2.75) is 26.4 Å². The van der Waals surface area contributed by atoms with Crippen LogP contribution >= 0.6 is 0 Å². The Hall–Kier alpha value is -3.25. The van der Waals surface area contributed by atoms with Crippen LogP contribution in [0.1, 0.15) is 33.1 Å². The molecule has 0 radical (unpaired) electrons. The number of aliphatic imine (C=N–C) groups is 1. The number of aryl methyl sites for hydroxylation is 2. The summed E-state index contributed by atoms with van der Waals surface area (Å²) in [6.07, 6.45) is 3.68. The van der Waals surface area contributed by atoms with Gasteiger partial charge in [0.2, 0.25) is 18.6 Å². The standard InChI is InChI=1S/C24H22N2O3S/c1-16-6-8-19(12-17(16)2)23(27)22(26-10-4-3-5-11-26)24(30)25-14-18-7-9-20-21(13-18)29-15-28-20/h3-13,22H,14-15H2,1-2H3/t22-/m1/s1. The summed E-state index contributed by atoms with van der Waals surface area (Å²) < 4.78 is 12.6. The minimum absolute atomic E-state index is 0.0752. The van der Waals surface area contributed by atoms with Gasteiger partial charge in [0.25, 0.3) is 0 Å². The van der Waals surface area contributed by atoms with Crippen LogP contribution in [0.25, 0.3) is 0 Å². The Morgan fingerprint density at radius 2 is 1.80 bits per heavy atom. The Morgan fingerprint density at radius 3 is 2.57 bits per heavy atom. The molecule has 0 fully saturated rings. The van der Waals surface area contributed by atoms with Crippen LogP contribution in [-0.4, -0.2) is 17.6 Å². The molecule has 6 heteroatoms. The molecule has 152 valence electrons. The Balaban J connectivity index is 1.64. The fourth-order valence-electron chi connectivity index (χ4n) is 3.31. The van der Waals surface area contributed by atoms with Crippen LogP contribution < -0.4 is 14.0 Å². The van der Waals surface area contributed by atoms with Crippen LogP contribution in [0, 0.1) is 13.8 Å². The lowest BCUT2D eigenvalue weighted by atomic mass is 9.99. The lowest BCUT2D eigenvalue weighted by Crippen LogP contribution is -2.47. The minimum atomic E-state index is -0.683. The Morgan fingerprint density at radius 1 is 1.03 bits per heavy atom. The number of pyridine rings is 1. The zero-order valence-corrected chi connectivity index (χ0v) is 17.7. The molecule has 1 aromatic heterocycles. The molecule has 4 rings (SSSR count). The van der Waals surface area contributed by atoms with E-state index in [2.05, 4.69) is 4.99 Å². The molecule has 0 spiro atoms. The van der Waals surface area contributed by atoms with Gasteiger partial charge in [0.15, 0.2) is 23.9 Å². The normalized spacial score (nSPS) is 13.9. The summed E-state index contributed by atoms with van der Waals surface area (Å²) in [5, 5.41) is 0.340. The van der Waals surface area contributed by atoms with Crippen molar-refractivity contribution in [2.75, 3.05) is 6.79 Å². The SMILES string of the molecule is Cc1ccc(C(=O)[C@H](C([S-])=NCc2ccc3c(c2)OCO3)[n+]2ccccc2)cc1C. The van der Waals surface area contributed by atoms with E-state index in [0.717, 1.165) is 22.4 Å². The molecule has 0 amide bonds. The summed E-state index contributed by atoms with van der Waals surface area (Å²) in [7, 11) is 0. The molecule has 0 N–H and O–H groups in total. The van der Waals surface area contributed by atoms with Crippen molar-refractivity contribution in [3.8, 4) is 11.5 Å². The molecule has 2 heterocycles. The number of carbonyl (C=O) groups excluding carboxylic acids is 1. The highest BCUT2D eigenvalue weighted by Crippen LogP contribution is 2.32. The fourth-order valence-corrected chi connectivity index (χ4v) is 3.60. The van der Waals surface area contributed by atoms with Crippen molar-refractivity contribution in [3.05, 3.63) is 89.2 Å². The van der Waals surface area contributed by atoms with Gasteiger partial charge in [-0.2, -0.15) is 4.57 Å². The second-order valence-corrected chi connectivity index (χ2v) is 7.65. The van der Waals surface area contributed by atoms with E-state index in [1.165, 1.54) is 0 Å². The molecule has 0 unspecified atom stereocenters. The van der Waals surface area contributed by atoms with Crippen molar-refractivity contribution in [3.63, 3.8) is 0 Å². The predicted molar refractivity (Wildman–Crippen MR) is 117 cm³/mol. The van der Waals surface area contributed by atoms with Crippen LogP contribution in [0.5, 0.6) is 11.5 Å². The maximum absolute atomic E-state index is 13.4. The van der Waals surface area contributed by atoms with Crippen molar-refractivity contribution in [2.24, 2.45) is 4.99 Å². The molecule has 0 saturated carbocycles. The summed E-state index contributed by atoms with van der Waals surface area (Å²) in [4.78, 5) is 18.0. The molecule has 5 nitrogen and oxygen atoms in total. The molecular formula is C24H22N2O3S. The number of aromatic nitrogens is 1. The highest BCUT2D eigenvalue weighted by Gasteiger charge is 2.28. The third-order valence-electron chi connectivity index (χ3n) is 5.16. The number of carbonyl (C=O) groups is 1. The first-order chi connectivity index (χ1) is 14.5. The van der Waals surface area contributed by atoms with E-state index >= 15 is 0 Å². The van der Waals surface area contributed by atoms with Crippen molar-refractivity contribution < 1.29 is 18.8 Å². The van der Waals surface area contributed by atoms with Gasteiger partial charge in [0, 0.05) is 17.7 Å². The van der Waals surface area contributed by atoms with E-state index in [0.29, 0.717) is 22.9 Å². The summed E-state index contributed by atoms with van der Waals surface area (Å²) in [5.41, 5.74) is 3.78. The molecule has 1 aliphatic rings. The summed E-state index contributed by atoms with van der Waals surface area (Å²) >= 11 is 5.63. The van der Waals surface area contributed by atoms with E-state index in [4.69, 9.17) is 22.1 Å². The number of hydrogen-bond donors (Lipinski definition) is 0. The number of nitrogens with zero attached hydrogens (tertiary/aromatic N) is 2. The van der Waals surface area contributed by atoms with Gasteiger partial charge in [0.1, 0.15) is 0 Å². The number of benzene rings is 2. The van der Waals surface area contributed by atoms with Gasteiger partial charge in [0.05, 0.1) is 6.54 Å². The van der Waals surface area contributed by atoms with E-state index in [1.54, 1.807) is 0 Å². The maximum Gasteiger partial charge on any atom is 0.237 e. The monoisotopic (exact) mass is 418 g/mol. The number of hydrogen-bond acceptors (Lipinski definition) is 5. The lowest BCUT2D eigenvalue weighted by Gasteiger charge is -2.19. The molecule has 0 aliphatic carbocycles. The van der Waals surface area contributed by atoms with Gasteiger partial charge in [-0.1, -0.05) is 24.3 Å². The largest absolute Gasteiger partial charge is 0.758 e. The lowest BCUT2D eigenvalue weighted by molar-refractivity contribution is -0.691. The van der Waals surface area contributed by atoms with E-state index in [9.17, 15) is 4.79 Å². The fraction of sp³-hybridized carbons (Fsp3) is 0.208. The van der Waals surface area contributed by atoms with Crippen LogP contribution in [0.4, 0.5) is 0 Å². The number of ether oxygens (including phenoxy) is 2. The molecule has 1 atom stereocenters. The average Bonchev–Trinajstić information content (AvgIpc) is 3.23. The van der Waals surface area contributed by atoms with Gasteiger partial charge in [-0.25, -0.2) is 0 Å². The van der Waals surface area contributed by atoms with Crippen molar-refractivity contribution >= 4 is 23.5 Å². The van der Waals surface area contributed by atoms with Crippen LogP contribution in [0.15, 0.2) is 72.0 Å². The smallest absolute Gasteiger partial charge is 0.237 e. The van der Waals surface area contributed by atoms with Gasteiger partial charge >= 0.3 is 0 Å². The van der Waals surface area contributed by atoms with Crippen molar-refractivity contribution in [1.29, 1.82) is 0 Å². The molecule has 0 bridgehead atoms. The second-order valence-electron chi connectivity index (χ2n) is 7.23. The molecule has 3 aromatic rings. The number of Topliss-reactive ketones (excluding diaryl/α,β-unsaturated/α-hetero) is 1. The van der Waals surface area contributed by atoms with Gasteiger partial charge in [-0.3, -0.25) is 4.79 Å². The highest BCUT2D eigenvalue weighted by molar-refractivity contribution is 7.77.